The van der Waals surface area contributed by atoms with E-state index in [9.17, 15) is 9.59 Å². The van der Waals surface area contributed by atoms with Gasteiger partial charge in [0.1, 0.15) is 11.5 Å². The lowest BCUT2D eigenvalue weighted by Crippen LogP contribution is -2.19. The number of fused-ring (bicyclic) bond motifs is 1. The number of hydrogen-bond donors (Lipinski definition) is 3. The number of aryl methyl sites for hydroxylation is 1. The minimum absolute atomic E-state index is 0.250. The van der Waals surface area contributed by atoms with Crippen molar-refractivity contribution in [3.05, 3.63) is 84.6 Å². The first-order valence-corrected chi connectivity index (χ1v) is 12.9. The Kier molecular flexibility index (Phi) is 9.39. The smallest absolute Gasteiger partial charge is 0.323 e. The summed E-state index contributed by atoms with van der Waals surface area (Å²) in [5, 5.41) is 9.16. The molecule has 0 aliphatic heterocycles. The van der Waals surface area contributed by atoms with Crippen molar-refractivity contribution in [3.63, 3.8) is 0 Å². The molecule has 0 bridgehead atoms. The molecule has 4 aromatic rings. The molecule has 1 heterocycles. The highest BCUT2D eigenvalue weighted by atomic mass is 16.5. The van der Waals surface area contributed by atoms with Crippen LogP contribution in [0.15, 0.2) is 79.0 Å². The van der Waals surface area contributed by atoms with Crippen molar-refractivity contribution in [3.8, 4) is 23.0 Å². The Balaban J connectivity index is 1.45. The van der Waals surface area contributed by atoms with Crippen LogP contribution in [-0.2, 0) is 4.79 Å². The van der Waals surface area contributed by atoms with E-state index in [0.717, 1.165) is 10.9 Å². The number of carbonyl (C=O) groups is 2. The second-order valence-corrected chi connectivity index (χ2v) is 9.43. The molecule has 10 nitrogen and oxygen atoms in total. The number of hydrogen-bond acceptors (Lipinski definition) is 7. The first-order chi connectivity index (χ1) is 19.7. The highest BCUT2D eigenvalue weighted by Gasteiger charge is 2.13. The van der Waals surface area contributed by atoms with Gasteiger partial charge in [-0.2, -0.15) is 0 Å². The first kappa shape index (κ1) is 28.9. The number of urea groups is 1. The topological polar surface area (TPSA) is 114 Å². The Hall–Kier alpha value is -5.09. The molecular formula is C31H33N5O5. The van der Waals surface area contributed by atoms with Crippen molar-refractivity contribution >= 4 is 39.9 Å². The van der Waals surface area contributed by atoms with Crippen LogP contribution in [-0.4, -0.2) is 56.7 Å². The van der Waals surface area contributed by atoms with E-state index in [2.05, 4.69) is 20.9 Å². The van der Waals surface area contributed by atoms with E-state index >= 15 is 0 Å². The van der Waals surface area contributed by atoms with E-state index in [4.69, 9.17) is 14.2 Å². The van der Waals surface area contributed by atoms with Crippen LogP contribution in [0.5, 0.6) is 23.0 Å². The Morgan fingerprint density at radius 2 is 1.51 bits per heavy atom. The van der Waals surface area contributed by atoms with E-state index in [1.54, 1.807) is 75.0 Å². The Morgan fingerprint density at radius 3 is 2.22 bits per heavy atom. The van der Waals surface area contributed by atoms with Crippen LogP contribution in [0, 0.1) is 6.92 Å². The lowest BCUT2D eigenvalue weighted by atomic mass is 10.1. The lowest BCUT2D eigenvalue weighted by molar-refractivity contribution is -0.111. The van der Waals surface area contributed by atoms with Gasteiger partial charge in [0.2, 0.25) is 5.91 Å². The van der Waals surface area contributed by atoms with Crippen molar-refractivity contribution in [1.29, 1.82) is 0 Å². The quantitative estimate of drug-likeness (QED) is 0.204. The number of nitrogens with zero attached hydrogens (tertiary/aromatic N) is 2. The summed E-state index contributed by atoms with van der Waals surface area (Å²) in [5.41, 5.74) is 3.19. The average Bonchev–Trinajstić information content (AvgIpc) is 2.94. The van der Waals surface area contributed by atoms with Crippen molar-refractivity contribution in [1.82, 2.24) is 9.88 Å². The Morgan fingerprint density at radius 1 is 0.829 bits per heavy atom. The van der Waals surface area contributed by atoms with Crippen molar-refractivity contribution < 1.29 is 23.8 Å². The number of rotatable bonds is 10. The zero-order valence-corrected chi connectivity index (χ0v) is 23.6. The summed E-state index contributed by atoms with van der Waals surface area (Å²) < 4.78 is 17.1. The molecule has 0 aliphatic rings. The number of benzene rings is 3. The van der Waals surface area contributed by atoms with Crippen LogP contribution in [0.2, 0.25) is 0 Å². The van der Waals surface area contributed by atoms with Crippen LogP contribution in [0.25, 0.3) is 10.9 Å². The molecule has 3 aromatic carbocycles. The second kappa shape index (κ2) is 13.3. The van der Waals surface area contributed by atoms with E-state index in [0.29, 0.717) is 52.1 Å². The standard InChI is InChI=1S/C31H33N5O5/c1-20-11-12-23(17-27(20)41-26-13-14-32-25-19-29(40-5)28(39-4)18-24(25)26)35-31(38)34-22-9-6-8-21(16-22)33-30(37)10-7-15-36(2)3/h6-14,16-19H,15H2,1-5H3,(H,33,37)(H2,34,35,38)/b10-7+. The molecule has 0 fully saturated rings. The number of aromatic nitrogens is 1. The average molecular weight is 556 g/mol. The second-order valence-electron chi connectivity index (χ2n) is 9.43. The summed E-state index contributed by atoms with van der Waals surface area (Å²) in [5.74, 6) is 2.03. The largest absolute Gasteiger partial charge is 0.493 e. The molecule has 3 N–H and O–H groups in total. The maximum absolute atomic E-state index is 12.8. The Bertz CT molecular complexity index is 1580. The molecule has 3 amide bonds. The zero-order valence-electron chi connectivity index (χ0n) is 23.6. The molecule has 212 valence electrons. The number of amides is 3. The van der Waals surface area contributed by atoms with Gasteiger partial charge in [0.15, 0.2) is 11.5 Å². The fraction of sp³-hybridized carbons (Fsp3) is 0.194. The molecule has 0 saturated heterocycles. The van der Waals surface area contributed by atoms with Gasteiger partial charge in [-0.15, -0.1) is 0 Å². The van der Waals surface area contributed by atoms with E-state index < -0.39 is 6.03 Å². The van der Waals surface area contributed by atoms with Crippen LogP contribution in [0.4, 0.5) is 21.9 Å². The third-order valence-corrected chi connectivity index (χ3v) is 6.00. The summed E-state index contributed by atoms with van der Waals surface area (Å²) in [6, 6.07) is 17.2. The lowest BCUT2D eigenvalue weighted by Gasteiger charge is -2.15. The van der Waals surface area contributed by atoms with Gasteiger partial charge in [-0.3, -0.25) is 9.78 Å². The van der Waals surface area contributed by atoms with Gasteiger partial charge < -0.3 is 35.1 Å². The molecule has 0 unspecified atom stereocenters. The van der Waals surface area contributed by atoms with Crippen LogP contribution in [0.1, 0.15) is 5.56 Å². The molecule has 0 atom stereocenters. The molecular weight excluding hydrogens is 522 g/mol. The van der Waals surface area contributed by atoms with Gasteiger partial charge in [-0.25, -0.2) is 4.79 Å². The normalized spacial score (nSPS) is 11.0. The molecule has 10 heteroatoms. The summed E-state index contributed by atoms with van der Waals surface area (Å²) in [6.07, 6.45) is 4.91. The number of ether oxygens (including phenoxy) is 3. The highest BCUT2D eigenvalue weighted by Crippen LogP contribution is 2.38. The predicted molar refractivity (Wildman–Crippen MR) is 162 cm³/mol. The fourth-order valence-electron chi connectivity index (χ4n) is 3.97. The molecule has 0 radical (unpaired) electrons. The maximum atomic E-state index is 12.8. The third kappa shape index (κ3) is 7.74. The maximum Gasteiger partial charge on any atom is 0.323 e. The van der Waals surface area contributed by atoms with E-state index in [1.807, 2.05) is 38.1 Å². The molecule has 0 saturated carbocycles. The van der Waals surface area contributed by atoms with Gasteiger partial charge >= 0.3 is 6.03 Å². The molecule has 4 rings (SSSR count). The first-order valence-electron chi connectivity index (χ1n) is 12.9. The molecule has 0 aliphatic carbocycles. The number of carbonyl (C=O) groups excluding carboxylic acids is 2. The van der Waals surface area contributed by atoms with Gasteiger partial charge in [-0.1, -0.05) is 18.2 Å². The van der Waals surface area contributed by atoms with Crippen molar-refractivity contribution in [2.24, 2.45) is 0 Å². The van der Waals surface area contributed by atoms with Gasteiger partial charge in [0, 0.05) is 53.4 Å². The zero-order chi connectivity index (χ0) is 29.4. The predicted octanol–water partition coefficient (Wildman–Crippen LogP) is 6.05. The Labute approximate surface area is 238 Å². The number of anilines is 3. The molecule has 41 heavy (non-hydrogen) atoms. The molecule has 0 spiro atoms. The minimum atomic E-state index is -0.444. The SMILES string of the molecule is COc1cc2nccc(Oc3cc(NC(=O)Nc4cccc(NC(=O)/C=C/CN(C)C)c4)ccc3C)c2cc1OC. The van der Waals surface area contributed by atoms with E-state index in [1.165, 1.54) is 6.08 Å². The van der Waals surface area contributed by atoms with Gasteiger partial charge in [0.05, 0.1) is 19.7 Å². The van der Waals surface area contributed by atoms with Crippen molar-refractivity contribution in [2.45, 2.75) is 6.92 Å². The highest BCUT2D eigenvalue weighted by molar-refractivity contribution is 6.02. The monoisotopic (exact) mass is 555 g/mol. The molecule has 1 aromatic heterocycles. The summed E-state index contributed by atoms with van der Waals surface area (Å²) >= 11 is 0. The number of nitrogens with one attached hydrogen (secondary N) is 3. The van der Waals surface area contributed by atoms with Crippen LogP contribution >= 0.6 is 0 Å². The fourth-order valence-corrected chi connectivity index (χ4v) is 3.97. The summed E-state index contributed by atoms with van der Waals surface area (Å²) in [7, 11) is 6.99. The summed E-state index contributed by atoms with van der Waals surface area (Å²) in [6.45, 7) is 2.58. The number of methoxy groups -OCH3 is 2. The van der Waals surface area contributed by atoms with Crippen molar-refractivity contribution in [2.75, 3.05) is 50.8 Å². The van der Waals surface area contributed by atoms with E-state index in [-0.39, 0.29) is 5.91 Å². The summed E-state index contributed by atoms with van der Waals surface area (Å²) in [4.78, 5) is 31.3. The minimum Gasteiger partial charge on any atom is -0.493 e. The van der Waals surface area contributed by atoms with Gasteiger partial charge in [0.25, 0.3) is 0 Å². The number of pyridine rings is 1. The third-order valence-electron chi connectivity index (χ3n) is 6.00. The number of likely N-dealkylation sites (N-methyl/N-ethyl adjacent to an activating group) is 1. The van der Waals surface area contributed by atoms with Gasteiger partial charge in [-0.05, 0) is 63.0 Å². The van der Waals surface area contributed by atoms with Crippen LogP contribution < -0.4 is 30.2 Å². The van der Waals surface area contributed by atoms with Crippen LogP contribution in [0.3, 0.4) is 0 Å².